The Morgan fingerprint density at radius 1 is 1.23 bits per heavy atom. The van der Waals surface area contributed by atoms with Gasteiger partial charge in [-0.1, -0.05) is 45.2 Å². The molecular formula is C25H38N2O6SSi. The SMILES string of the molecule is CCCCc1ncc(OC(OC(C)[Si](C)(C)C)C(=S)c2ccc(OC)cc2OCC(=O)OCC)[nH]1. The second-order valence-corrected chi connectivity index (χ2v) is 15.2. The van der Waals surface area contributed by atoms with Crippen LogP contribution in [0.4, 0.5) is 0 Å². The first-order chi connectivity index (χ1) is 16.6. The van der Waals surface area contributed by atoms with E-state index in [0.717, 1.165) is 25.1 Å². The Morgan fingerprint density at radius 3 is 2.60 bits per heavy atom. The molecule has 0 fully saturated rings. The number of aromatic nitrogens is 2. The molecule has 1 aromatic heterocycles. The zero-order chi connectivity index (χ0) is 26.0. The number of H-pyrrole nitrogens is 1. The molecule has 2 rings (SSSR count). The van der Waals surface area contributed by atoms with Crippen molar-refractivity contribution in [3.05, 3.63) is 35.8 Å². The van der Waals surface area contributed by atoms with Crippen LogP contribution in [0.15, 0.2) is 24.4 Å². The largest absolute Gasteiger partial charge is 0.497 e. The summed E-state index contributed by atoms with van der Waals surface area (Å²) in [6, 6.07) is 5.23. The molecule has 0 radical (unpaired) electrons. The number of methoxy groups -OCH3 is 1. The van der Waals surface area contributed by atoms with Crippen molar-refractivity contribution in [3.63, 3.8) is 0 Å². The Morgan fingerprint density at radius 2 is 1.97 bits per heavy atom. The number of thiocarbonyl (C=S) groups is 1. The zero-order valence-corrected chi connectivity index (χ0v) is 23.6. The van der Waals surface area contributed by atoms with Crippen LogP contribution in [0.5, 0.6) is 17.4 Å². The minimum atomic E-state index is -1.67. The van der Waals surface area contributed by atoms with Crippen LogP contribution < -0.4 is 14.2 Å². The lowest BCUT2D eigenvalue weighted by Crippen LogP contribution is -2.44. The second-order valence-electron chi connectivity index (χ2n) is 9.21. The number of aryl methyl sites for hydroxylation is 1. The first kappa shape index (κ1) is 28.8. The summed E-state index contributed by atoms with van der Waals surface area (Å²) >= 11 is 5.85. The standard InChI is InChI=1S/C25H38N2O6SSi/c1-8-10-11-21-26-15-22(27-21)33-25(32-17(3)35(5,6)7)24(34)19-13-12-18(29-4)14-20(19)31-16-23(28)30-9-2/h12-15,17,25H,8-11,16H2,1-7H3,(H,26,27). The number of unbranched alkanes of at least 4 members (excludes halogenated alkanes) is 1. The third kappa shape index (κ3) is 8.94. The van der Waals surface area contributed by atoms with Gasteiger partial charge in [-0.2, -0.15) is 0 Å². The number of ether oxygens (including phenoxy) is 5. The smallest absolute Gasteiger partial charge is 0.344 e. The number of benzene rings is 1. The van der Waals surface area contributed by atoms with E-state index in [1.54, 1.807) is 38.4 Å². The quantitative estimate of drug-likeness (QED) is 0.113. The topological polar surface area (TPSA) is 91.9 Å². The van der Waals surface area contributed by atoms with Gasteiger partial charge in [-0.3, -0.25) is 0 Å². The summed E-state index contributed by atoms with van der Waals surface area (Å²) in [4.78, 5) is 19.9. The fraction of sp³-hybridized carbons (Fsp3) is 0.560. The van der Waals surface area contributed by atoms with Crippen LogP contribution >= 0.6 is 12.2 Å². The highest BCUT2D eigenvalue weighted by Gasteiger charge is 2.31. The Kier molecular flexibility index (Phi) is 11.2. The van der Waals surface area contributed by atoms with Crippen LogP contribution in [0.3, 0.4) is 0 Å². The number of nitrogens with one attached hydrogen (secondary N) is 1. The van der Waals surface area contributed by atoms with Crippen LogP contribution in [0, 0.1) is 0 Å². The van der Waals surface area contributed by atoms with Crippen molar-refractivity contribution in [1.82, 2.24) is 9.97 Å². The predicted molar refractivity (Wildman–Crippen MR) is 142 cm³/mol. The zero-order valence-electron chi connectivity index (χ0n) is 21.8. The van der Waals surface area contributed by atoms with Crippen LogP contribution in [0.25, 0.3) is 0 Å². The second kappa shape index (κ2) is 13.6. The molecule has 1 N–H and O–H groups in total. The molecule has 0 spiro atoms. The molecule has 10 heteroatoms. The molecular weight excluding hydrogens is 484 g/mol. The number of hydrogen-bond acceptors (Lipinski definition) is 8. The summed E-state index contributed by atoms with van der Waals surface area (Å²) in [5, 5.41) is 0. The molecule has 0 aliphatic rings. The molecule has 2 atom stereocenters. The summed E-state index contributed by atoms with van der Waals surface area (Å²) < 4.78 is 28.7. The van der Waals surface area contributed by atoms with Gasteiger partial charge < -0.3 is 28.7 Å². The Bertz CT molecular complexity index is 975. The van der Waals surface area contributed by atoms with Crippen molar-refractivity contribution < 1.29 is 28.5 Å². The number of nitrogens with zero attached hydrogens (tertiary/aromatic N) is 1. The van der Waals surface area contributed by atoms with E-state index >= 15 is 0 Å². The van der Waals surface area contributed by atoms with Crippen molar-refractivity contribution in [2.45, 2.75) is 71.7 Å². The molecule has 1 heterocycles. The fourth-order valence-electron chi connectivity index (χ4n) is 2.94. The van der Waals surface area contributed by atoms with Gasteiger partial charge >= 0.3 is 5.97 Å². The van der Waals surface area contributed by atoms with Crippen molar-refractivity contribution in [1.29, 1.82) is 0 Å². The van der Waals surface area contributed by atoms with Crippen LogP contribution in [0.1, 0.15) is 45.0 Å². The van der Waals surface area contributed by atoms with E-state index in [2.05, 4.69) is 36.5 Å². The van der Waals surface area contributed by atoms with E-state index in [1.807, 2.05) is 6.92 Å². The molecule has 1 aromatic carbocycles. The first-order valence-corrected chi connectivity index (χ1v) is 15.9. The lowest BCUT2D eigenvalue weighted by atomic mass is 10.1. The van der Waals surface area contributed by atoms with E-state index in [9.17, 15) is 4.79 Å². The average Bonchev–Trinajstić information content (AvgIpc) is 3.27. The van der Waals surface area contributed by atoms with E-state index in [0.29, 0.717) is 27.8 Å². The molecule has 0 saturated carbocycles. The van der Waals surface area contributed by atoms with Gasteiger partial charge in [-0.15, -0.1) is 0 Å². The molecule has 194 valence electrons. The van der Waals surface area contributed by atoms with Gasteiger partial charge in [0.25, 0.3) is 0 Å². The normalized spacial score (nSPS) is 13.1. The Labute approximate surface area is 214 Å². The van der Waals surface area contributed by atoms with Crippen LogP contribution in [-0.4, -0.2) is 61.2 Å². The molecule has 2 unspecified atom stereocenters. The fourth-order valence-corrected chi connectivity index (χ4v) is 3.75. The highest BCUT2D eigenvalue weighted by Crippen LogP contribution is 2.29. The van der Waals surface area contributed by atoms with E-state index < -0.39 is 20.3 Å². The molecule has 0 aliphatic heterocycles. The monoisotopic (exact) mass is 522 g/mol. The lowest BCUT2D eigenvalue weighted by Gasteiger charge is -2.30. The highest BCUT2D eigenvalue weighted by molar-refractivity contribution is 7.81. The maximum absolute atomic E-state index is 11.9. The molecule has 8 nitrogen and oxygen atoms in total. The number of carbonyl (C=O) groups excluding carboxylic acids is 1. The number of aromatic amines is 1. The third-order valence-electron chi connectivity index (χ3n) is 5.47. The number of esters is 1. The summed E-state index contributed by atoms with van der Waals surface area (Å²) in [6.07, 6.45) is 3.72. The van der Waals surface area contributed by atoms with Crippen molar-refractivity contribution in [3.8, 4) is 17.4 Å². The number of imidazole rings is 1. The predicted octanol–water partition coefficient (Wildman–Crippen LogP) is 5.11. The van der Waals surface area contributed by atoms with Crippen LogP contribution in [0.2, 0.25) is 19.6 Å². The summed E-state index contributed by atoms with van der Waals surface area (Å²) in [6.45, 7) is 12.6. The van der Waals surface area contributed by atoms with Gasteiger partial charge in [-0.05, 0) is 32.4 Å². The maximum Gasteiger partial charge on any atom is 0.344 e. The van der Waals surface area contributed by atoms with Crippen molar-refractivity contribution in [2.24, 2.45) is 0 Å². The molecule has 0 bridgehead atoms. The number of hydrogen-bond donors (Lipinski definition) is 1. The van der Waals surface area contributed by atoms with Gasteiger partial charge in [0.15, 0.2) is 6.61 Å². The highest BCUT2D eigenvalue weighted by atomic mass is 32.1. The van der Waals surface area contributed by atoms with Crippen molar-refractivity contribution in [2.75, 3.05) is 20.3 Å². The van der Waals surface area contributed by atoms with Crippen LogP contribution in [-0.2, 0) is 20.7 Å². The third-order valence-corrected chi connectivity index (χ3v) is 8.46. The van der Waals surface area contributed by atoms with Gasteiger partial charge in [-0.25, -0.2) is 9.78 Å². The van der Waals surface area contributed by atoms with E-state index in [4.69, 9.17) is 35.9 Å². The van der Waals surface area contributed by atoms with E-state index in [1.165, 1.54) is 0 Å². The van der Waals surface area contributed by atoms with E-state index in [-0.39, 0.29) is 18.9 Å². The minimum absolute atomic E-state index is 0.0462. The number of carbonyl (C=O) groups is 1. The van der Waals surface area contributed by atoms with Gasteiger partial charge in [0.05, 0.1) is 32.9 Å². The van der Waals surface area contributed by atoms with Gasteiger partial charge in [0.1, 0.15) is 17.3 Å². The first-order valence-electron chi connectivity index (χ1n) is 12.0. The van der Waals surface area contributed by atoms with Crippen molar-refractivity contribution >= 4 is 31.1 Å². The Hall–Kier alpha value is -2.43. The summed E-state index contributed by atoms with van der Waals surface area (Å²) in [5.74, 6) is 1.81. The molecule has 2 aromatic rings. The number of rotatable bonds is 15. The average molecular weight is 523 g/mol. The molecule has 0 saturated heterocycles. The molecule has 0 amide bonds. The molecule has 0 aliphatic carbocycles. The summed E-state index contributed by atoms with van der Waals surface area (Å²) in [7, 11) is -0.111. The van der Waals surface area contributed by atoms with Gasteiger partial charge in [0, 0.05) is 23.8 Å². The molecule has 35 heavy (non-hydrogen) atoms. The maximum atomic E-state index is 11.9. The lowest BCUT2D eigenvalue weighted by molar-refractivity contribution is -0.145. The Balaban J connectivity index is 2.35. The summed E-state index contributed by atoms with van der Waals surface area (Å²) in [5.41, 5.74) is 0.527. The van der Waals surface area contributed by atoms with Gasteiger partial charge in [0.2, 0.25) is 12.2 Å². The minimum Gasteiger partial charge on any atom is -0.497 e.